The smallest absolute Gasteiger partial charge is 0.258 e. The Balaban J connectivity index is 1.71. The van der Waals surface area contributed by atoms with E-state index in [1.54, 1.807) is 12.1 Å². The van der Waals surface area contributed by atoms with E-state index in [0.717, 1.165) is 17.5 Å². The lowest BCUT2D eigenvalue weighted by Gasteiger charge is -2.24. The number of hydrogen-bond acceptors (Lipinski definition) is 3. The van der Waals surface area contributed by atoms with E-state index in [2.05, 4.69) is 46.5 Å². The Hall–Kier alpha value is -3.31. The number of para-hydroxylation sites is 1. The number of hydrogen-bond donors (Lipinski definition) is 2. The molecule has 0 saturated heterocycles. The topological polar surface area (TPSA) is 57.8 Å². The van der Waals surface area contributed by atoms with Crippen molar-refractivity contribution in [2.75, 3.05) is 0 Å². The third-order valence-electron chi connectivity index (χ3n) is 5.36. The molecule has 0 aliphatic carbocycles. The summed E-state index contributed by atoms with van der Waals surface area (Å²) in [5.74, 6) is 0.264. The fourth-order valence-electron chi connectivity index (χ4n) is 3.66. The normalized spacial score (nSPS) is 13.3. The highest BCUT2D eigenvalue weighted by Gasteiger charge is 2.20. The van der Waals surface area contributed by atoms with Gasteiger partial charge in [-0.2, -0.15) is 0 Å². The van der Waals surface area contributed by atoms with E-state index in [9.17, 15) is 9.18 Å². The Morgan fingerprint density at radius 3 is 2.50 bits per heavy atom. The lowest BCUT2D eigenvalue weighted by Crippen LogP contribution is -2.28. The quantitative estimate of drug-likeness (QED) is 0.475. The van der Waals surface area contributed by atoms with Gasteiger partial charge in [0.25, 0.3) is 5.56 Å². The zero-order valence-electron chi connectivity index (χ0n) is 17.0. The van der Waals surface area contributed by atoms with Gasteiger partial charge in [-0.15, -0.1) is 0 Å². The molecule has 152 valence electrons. The molecule has 5 heteroatoms. The first-order valence-electron chi connectivity index (χ1n) is 10.1. The second-order valence-corrected chi connectivity index (χ2v) is 7.44. The fraction of sp³-hybridized carbons (Fsp3) is 0.200. The molecule has 0 spiro atoms. The third-order valence-corrected chi connectivity index (χ3v) is 5.36. The van der Waals surface area contributed by atoms with Crippen LogP contribution in [0.4, 0.5) is 4.39 Å². The highest BCUT2D eigenvalue weighted by Crippen LogP contribution is 2.26. The van der Waals surface area contributed by atoms with Gasteiger partial charge in [-0.25, -0.2) is 9.37 Å². The number of aromatic amines is 1. The second kappa shape index (κ2) is 8.59. The maximum atomic E-state index is 14.0. The third kappa shape index (κ3) is 4.16. The number of nitrogens with one attached hydrogen (secondary N) is 2. The van der Waals surface area contributed by atoms with Gasteiger partial charge in [-0.3, -0.25) is 10.1 Å². The average Bonchev–Trinajstić information content (AvgIpc) is 2.77. The van der Waals surface area contributed by atoms with Crippen molar-refractivity contribution >= 4 is 10.9 Å². The van der Waals surface area contributed by atoms with Gasteiger partial charge in [0.05, 0.1) is 23.0 Å². The van der Waals surface area contributed by atoms with Gasteiger partial charge in [0, 0.05) is 0 Å². The summed E-state index contributed by atoms with van der Waals surface area (Å²) < 4.78 is 14.0. The number of nitrogens with zero attached hydrogens (tertiary/aromatic N) is 1. The molecule has 1 heterocycles. The van der Waals surface area contributed by atoms with Crippen molar-refractivity contribution in [3.05, 3.63) is 111 Å². The highest BCUT2D eigenvalue weighted by atomic mass is 19.1. The van der Waals surface area contributed by atoms with Crippen molar-refractivity contribution in [3.63, 3.8) is 0 Å². The second-order valence-electron chi connectivity index (χ2n) is 7.44. The average molecular weight is 401 g/mol. The van der Waals surface area contributed by atoms with E-state index >= 15 is 0 Å². The van der Waals surface area contributed by atoms with Gasteiger partial charge >= 0.3 is 0 Å². The van der Waals surface area contributed by atoms with Crippen LogP contribution in [0.25, 0.3) is 10.9 Å². The number of rotatable bonds is 6. The van der Waals surface area contributed by atoms with Crippen LogP contribution in [0.5, 0.6) is 0 Å². The maximum absolute atomic E-state index is 14.0. The van der Waals surface area contributed by atoms with Gasteiger partial charge < -0.3 is 4.98 Å². The number of aryl methyl sites for hydroxylation is 1. The summed E-state index contributed by atoms with van der Waals surface area (Å²) in [6.45, 7) is 4.06. The minimum absolute atomic E-state index is 0.168. The van der Waals surface area contributed by atoms with E-state index in [-0.39, 0.29) is 23.5 Å². The van der Waals surface area contributed by atoms with E-state index in [0.29, 0.717) is 16.7 Å². The number of aromatic nitrogens is 2. The molecule has 0 fully saturated rings. The molecule has 0 amide bonds. The van der Waals surface area contributed by atoms with Crippen LogP contribution in [-0.2, 0) is 6.42 Å². The Labute approximate surface area is 174 Å². The largest absolute Gasteiger partial charge is 0.309 e. The van der Waals surface area contributed by atoms with E-state index < -0.39 is 0 Å². The van der Waals surface area contributed by atoms with Crippen LogP contribution >= 0.6 is 0 Å². The number of fused-ring (bicyclic) bond motifs is 1. The van der Waals surface area contributed by atoms with Crippen LogP contribution in [0.2, 0.25) is 0 Å². The van der Waals surface area contributed by atoms with Crippen LogP contribution < -0.4 is 10.9 Å². The minimum atomic E-state index is -0.283. The Morgan fingerprint density at radius 1 is 1.00 bits per heavy atom. The summed E-state index contributed by atoms with van der Waals surface area (Å²) in [4.78, 5) is 20.0. The Bertz CT molecular complexity index is 1220. The molecule has 0 radical (unpaired) electrons. The van der Waals surface area contributed by atoms with Crippen molar-refractivity contribution in [1.82, 2.24) is 15.3 Å². The molecule has 30 heavy (non-hydrogen) atoms. The molecule has 0 bridgehead atoms. The van der Waals surface area contributed by atoms with E-state index in [1.807, 2.05) is 31.2 Å². The molecule has 2 atom stereocenters. The molecule has 2 N–H and O–H groups in total. The monoisotopic (exact) mass is 401 g/mol. The Morgan fingerprint density at radius 2 is 1.77 bits per heavy atom. The molecular weight excluding hydrogens is 377 g/mol. The van der Waals surface area contributed by atoms with Crippen LogP contribution in [-0.4, -0.2) is 9.97 Å². The summed E-state index contributed by atoms with van der Waals surface area (Å²) >= 11 is 0. The van der Waals surface area contributed by atoms with Crippen LogP contribution in [0.15, 0.2) is 77.6 Å². The molecule has 4 rings (SSSR count). The molecule has 1 aromatic heterocycles. The molecule has 4 aromatic rings. The predicted octanol–water partition coefficient (Wildman–Crippen LogP) is 5.06. The van der Waals surface area contributed by atoms with Crippen molar-refractivity contribution in [1.29, 1.82) is 0 Å². The highest BCUT2D eigenvalue weighted by molar-refractivity contribution is 5.77. The number of H-pyrrole nitrogens is 1. The maximum Gasteiger partial charge on any atom is 0.258 e. The van der Waals surface area contributed by atoms with E-state index in [4.69, 9.17) is 0 Å². The van der Waals surface area contributed by atoms with Crippen molar-refractivity contribution in [2.45, 2.75) is 32.4 Å². The molecule has 0 unspecified atom stereocenters. The van der Waals surface area contributed by atoms with Gasteiger partial charge in [0.1, 0.15) is 11.6 Å². The van der Waals surface area contributed by atoms with Gasteiger partial charge in [-0.05, 0) is 54.3 Å². The van der Waals surface area contributed by atoms with Crippen LogP contribution in [0.1, 0.15) is 48.4 Å². The lowest BCUT2D eigenvalue weighted by atomic mass is 9.96. The zero-order valence-corrected chi connectivity index (χ0v) is 17.0. The first-order valence-corrected chi connectivity index (χ1v) is 10.1. The SMILES string of the molecule is CCc1ccc([C@@H](N[C@@H](C)c2nc3ccccc3c(=O)[nH]2)c2cccc(F)c2)cc1. The van der Waals surface area contributed by atoms with Crippen LogP contribution in [0, 0.1) is 5.82 Å². The molecular formula is C25H24FN3O. The summed E-state index contributed by atoms with van der Waals surface area (Å²) in [6, 6.07) is 21.6. The summed E-state index contributed by atoms with van der Waals surface area (Å²) in [5, 5.41) is 4.08. The minimum Gasteiger partial charge on any atom is -0.309 e. The van der Waals surface area contributed by atoms with Crippen molar-refractivity contribution < 1.29 is 4.39 Å². The fourth-order valence-corrected chi connectivity index (χ4v) is 3.66. The predicted molar refractivity (Wildman–Crippen MR) is 118 cm³/mol. The van der Waals surface area contributed by atoms with Crippen molar-refractivity contribution in [2.24, 2.45) is 0 Å². The van der Waals surface area contributed by atoms with Gasteiger partial charge in [0.15, 0.2) is 0 Å². The van der Waals surface area contributed by atoms with Gasteiger partial charge in [0.2, 0.25) is 0 Å². The molecule has 0 saturated carbocycles. The first-order chi connectivity index (χ1) is 14.5. The van der Waals surface area contributed by atoms with Crippen LogP contribution in [0.3, 0.4) is 0 Å². The summed E-state index contributed by atoms with van der Waals surface area (Å²) in [5.41, 5.74) is 3.56. The Kier molecular flexibility index (Phi) is 5.72. The summed E-state index contributed by atoms with van der Waals surface area (Å²) in [7, 11) is 0. The summed E-state index contributed by atoms with van der Waals surface area (Å²) in [6.07, 6.45) is 0.955. The first kappa shape index (κ1) is 20.0. The molecule has 3 aromatic carbocycles. The molecule has 0 aliphatic rings. The lowest BCUT2D eigenvalue weighted by molar-refractivity contribution is 0.494. The van der Waals surface area contributed by atoms with E-state index in [1.165, 1.54) is 17.7 Å². The molecule has 4 nitrogen and oxygen atoms in total. The zero-order chi connectivity index (χ0) is 21.1. The van der Waals surface area contributed by atoms with Gasteiger partial charge in [-0.1, -0.05) is 55.5 Å². The number of benzene rings is 3. The van der Waals surface area contributed by atoms with Crippen molar-refractivity contribution in [3.8, 4) is 0 Å². The standard InChI is InChI=1S/C25H24FN3O/c1-3-17-11-13-18(14-12-17)23(19-7-6-8-20(26)15-19)27-16(2)24-28-22-10-5-4-9-21(22)25(30)29-24/h4-16,23,27H,3H2,1-2H3,(H,28,29,30)/t16-,23+/m0/s1. The molecule has 0 aliphatic heterocycles. The number of halogens is 1.